The summed E-state index contributed by atoms with van der Waals surface area (Å²) in [7, 11) is 0. The Balaban J connectivity index is 2.63. The van der Waals surface area contributed by atoms with E-state index in [1.165, 1.54) is 0 Å². The Bertz CT molecular complexity index is 398. The maximum Gasteiger partial charge on any atom is 0.307 e. The summed E-state index contributed by atoms with van der Waals surface area (Å²) in [6, 6.07) is 7.27. The third-order valence-corrected chi connectivity index (χ3v) is 3.01. The van der Waals surface area contributed by atoms with E-state index >= 15 is 0 Å². The smallest absolute Gasteiger partial charge is 0.307 e. The Morgan fingerprint density at radius 1 is 1.29 bits per heavy atom. The lowest BCUT2D eigenvalue weighted by Crippen LogP contribution is -2.19. The second-order valence-electron chi connectivity index (χ2n) is 3.71. The van der Waals surface area contributed by atoms with Crippen LogP contribution in [0.4, 0.5) is 0 Å². The average Bonchev–Trinajstić information content (AvgIpc) is 2.29. The summed E-state index contributed by atoms with van der Waals surface area (Å²) in [5.74, 6) is -0.465. The topological polar surface area (TPSA) is 43.4 Å². The van der Waals surface area contributed by atoms with Gasteiger partial charge in [-0.1, -0.05) is 45.8 Å². The summed E-state index contributed by atoms with van der Waals surface area (Å²) in [6.45, 7) is 4.03. The zero-order chi connectivity index (χ0) is 12.8. The highest BCUT2D eigenvalue weighted by molar-refractivity contribution is 9.10. The quantitative estimate of drug-likeness (QED) is 0.477. The molecule has 0 aliphatic rings. The van der Waals surface area contributed by atoms with Gasteiger partial charge in [-0.25, -0.2) is 0 Å². The maximum atomic E-state index is 11.9. The minimum atomic E-state index is -0.524. The van der Waals surface area contributed by atoms with Crippen LogP contribution in [0, 0.1) is 6.92 Å². The number of benzene rings is 1. The molecule has 1 aromatic carbocycles. The van der Waals surface area contributed by atoms with Crippen LogP contribution in [0.5, 0.6) is 0 Å². The SMILES string of the molecule is CCOC(=O)CC(Br)C(=O)c1ccc(C)cc1. The Hall–Kier alpha value is -1.16. The lowest BCUT2D eigenvalue weighted by Gasteiger charge is -2.08. The summed E-state index contributed by atoms with van der Waals surface area (Å²) in [6.07, 6.45) is 0.0561. The summed E-state index contributed by atoms with van der Waals surface area (Å²) >= 11 is 3.22. The first-order valence-corrected chi connectivity index (χ1v) is 6.36. The molecule has 0 saturated heterocycles. The lowest BCUT2D eigenvalue weighted by atomic mass is 10.1. The second kappa shape index (κ2) is 6.55. The first kappa shape index (κ1) is 13.9. The van der Waals surface area contributed by atoms with Gasteiger partial charge in [0, 0.05) is 5.56 Å². The van der Waals surface area contributed by atoms with E-state index < -0.39 is 4.83 Å². The fourth-order valence-corrected chi connectivity index (χ4v) is 1.89. The molecular weight excluding hydrogens is 284 g/mol. The van der Waals surface area contributed by atoms with Crippen LogP contribution >= 0.6 is 15.9 Å². The highest BCUT2D eigenvalue weighted by atomic mass is 79.9. The molecule has 0 radical (unpaired) electrons. The number of halogens is 1. The predicted octanol–water partition coefficient (Wildman–Crippen LogP) is 2.89. The van der Waals surface area contributed by atoms with Gasteiger partial charge in [-0.15, -0.1) is 0 Å². The van der Waals surface area contributed by atoms with E-state index in [4.69, 9.17) is 4.74 Å². The number of ether oxygens (including phenoxy) is 1. The minimum Gasteiger partial charge on any atom is -0.466 e. The van der Waals surface area contributed by atoms with E-state index in [0.29, 0.717) is 12.2 Å². The molecule has 0 N–H and O–H groups in total. The molecule has 0 saturated carbocycles. The number of hydrogen-bond acceptors (Lipinski definition) is 3. The van der Waals surface area contributed by atoms with Gasteiger partial charge in [-0.2, -0.15) is 0 Å². The van der Waals surface area contributed by atoms with Crippen molar-refractivity contribution in [2.45, 2.75) is 25.1 Å². The van der Waals surface area contributed by atoms with Crippen LogP contribution in [0.1, 0.15) is 29.3 Å². The first-order chi connectivity index (χ1) is 8.04. The van der Waals surface area contributed by atoms with Crippen molar-refractivity contribution < 1.29 is 14.3 Å². The van der Waals surface area contributed by atoms with Crippen molar-refractivity contribution in [2.75, 3.05) is 6.61 Å². The van der Waals surface area contributed by atoms with Gasteiger partial charge in [0.25, 0.3) is 0 Å². The van der Waals surface area contributed by atoms with Crippen molar-refractivity contribution in [1.82, 2.24) is 0 Å². The van der Waals surface area contributed by atoms with Crippen molar-refractivity contribution in [3.8, 4) is 0 Å². The molecule has 17 heavy (non-hydrogen) atoms. The molecule has 4 heteroatoms. The van der Waals surface area contributed by atoms with Gasteiger partial charge in [0.05, 0.1) is 17.9 Å². The van der Waals surface area contributed by atoms with E-state index in [-0.39, 0.29) is 18.2 Å². The van der Waals surface area contributed by atoms with Crippen LogP contribution < -0.4 is 0 Å². The summed E-state index contributed by atoms with van der Waals surface area (Å²) in [5.41, 5.74) is 1.69. The molecule has 0 aliphatic carbocycles. The number of esters is 1. The number of Topliss-reactive ketones (excluding diaryl/α,β-unsaturated/α-hetero) is 1. The Kier molecular flexibility index (Phi) is 5.35. The van der Waals surface area contributed by atoms with Crippen LogP contribution in [-0.2, 0) is 9.53 Å². The van der Waals surface area contributed by atoms with Crippen LogP contribution in [0.25, 0.3) is 0 Å². The Labute approximate surface area is 109 Å². The molecular formula is C13H15BrO3. The van der Waals surface area contributed by atoms with Gasteiger partial charge in [-0.3, -0.25) is 9.59 Å². The van der Waals surface area contributed by atoms with Crippen LogP contribution in [-0.4, -0.2) is 23.2 Å². The molecule has 92 valence electrons. The molecule has 0 bridgehead atoms. The van der Waals surface area contributed by atoms with E-state index in [1.807, 2.05) is 19.1 Å². The molecule has 1 rings (SSSR count). The van der Waals surface area contributed by atoms with Crippen molar-refractivity contribution in [3.63, 3.8) is 0 Å². The highest BCUT2D eigenvalue weighted by Crippen LogP contribution is 2.15. The van der Waals surface area contributed by atoms with Crippen LogP contribution in [0.3, 0.4) is 0 Å². The number of rotatable bonds is 5. The Morgan fingerprint density at radius 2 is 1.88 bits per heavy atom. The van der Waals surface area contributed by atoms with Gasteiger partial charge in [0.1, 0.15) is 0 Å². The second-order valence-corrected chi connectivity index (χ2v) is 4.81. The van der Waals surface area contributed by atoms with E-state index in [2.05, 4.69) is 15.9 Å². The maximum absolute atomic E-state index is 11.9. The van der Waals surface area contributed by atoms with Crippen molar-refractivity contribution in [3.05, 3.63) is 35.4 Å². The number of carbonyl (C=O) groups is 2. The third kappa shape index (κ3) is 4.30. The van der Waals surface area contributed by atoms with Gasteiger partial charge in [-0.05, 0) is 13.8 Å². The lowest BCUT2D eigenvalue weighted by molar-refractivity contribution is -0.142. The van der Waals surface area contributed by atoms with Gasteiger partial charge < -0.3 is 4.74 Å². The summed E-state index contributed by atoms with van der Waals surface area (Å²) in [4.78, 5) is 22.7. The number of hydrogen-bond donors (Lipinski definition) is 0. The fourth-order valence-electron chi connectivity index (χ4n) is 1.36. The number of ketones is 1. The number of aryl methyl sites for hydroxylation is 1. The predicted molar refractivity (Wildman–Crippen MR) is 69.5 cm³/mol. The minimum absolute atomic E-state index is 0.0561. The van der Waals surface area contributed by atoms with Crippen molar-refractivity contribution in [2.24, 2.45) is 0 Å². The molecule has 0 aliphatic heterocycles. The van der Waals surface area contributed by atoms with Gasteiger partial charge in [0.15, 0.2) is 5.78 Å². The zero-order valence-corrected chi connectivity index (χ0v) is 11.5. The molecule has 1 unspecified atom stereocenters. The van der Waals surface area contributed by atoms with Crippen molar-refractivity contribution in [1.29, 1.82) is 0 Å². The summed E-state index contributed by atoms with van der Waals surface area (Å²) < 4.78 is 4.80. The third-order valence-electron chi connectivity index (χ3n) is 2.27. The Morgan fingerprint density at radius 3 is 2.41 bits per heavy atom. The largest absolute Gasteiger partial charge is 0.466 e. The molecule has 0 spiro atoms. The number of carbonyl (C=O) groups excluding carboxylic acids is 2. The first-order valence-electron chi connectivity index (χ1n) is 5.45. The van der Waals surface area contributed by atoms with Crippen LogP contribution in [0.15, 0.2) is 24.3 Å². The van der Waals surface area contributed by atoms with E-state index in [9.17, 15) is 9.59 Å². The summed E-state index contributed by atoms with van der Waals surface area (Å²) in [5, 5.41) is 0. The van der Waals surface area contributed by atoms with E-state index in [1.54, 1.807) is 19.1 Å². The molecule has 1 aromatic rings. The van der Waals surface area contributed by atoms with Crippen molar-refractivity contribution >= 4 is 27.7 Å². The molecule has 0 fully saturated rings. The number of alkyl halides is 1. The molecule has 0 heterocycles. The van der Waals surface area contributed by atoms with E-state index in [0.717, 1.165) is 5.56 Å². The van der Waals surface area contributed by atoms with Gasteiger partial charge >= 0.3 is 5.97 Å². The highest BCUT2D eigenvalue weighted by Gasteiger charge is 2.20. The molecule has 3 nitrogen and oxygen atoms in total. The molecule has 1 atom stereocenters. The monoisotopic (exact) mass is 298 g/mol. The average molecular weight is 299 g/mol. The molecule has 0 amide bonds. The van der Waals surface area contributed by atoms with Gasteiger partial charge in [0.2, 0.25) is 0 Å². The fraction of sp³-hybridized carbons (Fsp3) is 0.385. The normalized spacial score (nSPS) is 11.9. The zero-order valence-electron chi connectivity index (χ0n) is 9.90. The molecule has 0 aromatic heterocycles. The standard InChI is InChI=1S/C13H15BrO3/c1-3-17-12(15)8-11(14)13(16)10-6-4-9(2)5-7-10/h4-7,11H,3,8H2,1-2H3. The van der Waals surface area contributed by atoms with Crippen LogP contribution in [0.2, 0.25) is 0 Å².